The standard InChI is InChI=1S/C15H15N3O/c1-9-4-2-5-10-13(12-6-3-7-19-12)11(8-16)15(17)18-14(9)10/h3,6-7,9H,2,4-5H2,1H3,(H2,17,18)/p+1/t9-/m0/s1. The molecule has 0 amide bonds. The van der Waals surface area contributed by atoms with Gasteiger partial charge in [-0.15, -0.1) is 0 Å². The third-order valence-electron chi connectivity index (χ3n) is 3.85. The van der Waals surface area contributed by atoms with Crippen molar-refractivity contribution in [2.45, 2.75) is 32.1 Å². The maximum atomic E-state index is 9.37. The van der Waals surface area contributed by atoms with Gasteiger partial charge < -0.3 is 4.42 Å². The molecule has 4 heteroatoms. The van der Waals surface area contributed by atoms with E-state index in [-0.39, 0.29) is 0 Å². The summed E-state index contributed by atoms with van der Waals surface area (Å²) in [4.78, 5) is 3.21. The number of nitrogens with zero attached hydrogens (tertiary/aromatic N) is 1. The van der Waals surface area contributed by atoms with Crippen molar-refractivity contribution in [2.24, 2.45) is 0 Å². The topological polar surface area (TPSA) is 77.1 Å². The van der Waals surface area contributed by atoms with Gasteiger partial charge in [-0.3, -0.25) is 5.73 Å². The summed E-state index contributed by atoms with van der Waals surface area (Å²) in [6.07, 6.45) is 4.86. The van der Waals surface area contributed by atoms with Crippen molar-refractivity contribution in [1.82, 2.24) is 0 Å². The van der Waals surface area contributed by atoms with Crippen molar-refractivity contribution in [1.29, 1.82) is 5.26 Å². The van der Waals surface area contributed by atoms with E-state index in [1.54, 1.807) is 6.26 Å². The molecule has 0 unspecified atom stereocenters. The molecular weight excluding hydrogens is 238 g/mol. The van der Waals surface area contributed by atoms with E-state index in [0.29, 0.717) is 17.3 Å². The van der Waals surface area contributed by atoms with Gasteiger partial charge in [0.05, 0.1) is 11.8 Å². The Morgan fingerprint density at radius 1 is 1.53 bits per heavy atom. The van der Waals surface area contributed by atoms with Gasteiger partial charge in [0.25, 0.3) is 5.82 Å². The third-order valence-corrected chi connectivity index (χ3v) is 3.85. The summed E-state index contributed by atoms with van der Waals surface area (Å²) in [5, 5.41) is 9.37. The highest BCUT2D eigenvalue weighted by molar-refractivity contribution is 5.74. The molecule has 0 fully saturated rings. The number of hydrogen-bond donors (Lipinski definition) is 1. The van der Waals surface area contributed by atoms with E-state index >= 15 is 0 Å². The number of nitrogen functional groups attached to an aromatic ring is 1. The number of anilines is 1. The third kappa shape index (κ3) is 1.78. The highest BCUT2D eigenvalue weighted by Crippen LogP contribution is 2.38. The van der Waals surface area contributed by atoms with Crippen molar-refractivity contribution in [3.8, 4) is 17.4 Å². The predicted molar refractivity (Wildman–Crippen MR) is 71.2 cm³/mol. The summed E-state index contributed by atoms with van der Waals surface area (Å²) in [5.41, 5.74) is 9.69. The van der Waals surface area contributed by atoms with Crippen LogP contribution in [-0.4, -0.2) is 0 Å². The molecule has 0 saturated carbocycles. The Kier molecular flexibility index (Phi) is 2.75. The SMILES string of the molecule is C[C@H]1CCCc2c1[nH+]c(N)c(C#N)c2-c1ccco1. The highest BCUT2D eigenvalue weighted by Gasteiger charge is 2.29. The molecule has 2 aromatic rings. The zero-order chi connectivity index (χ0) is 13.4. The lowest BCUT2D eigenvalue weighted by Gasteiger charge is -2.22. The molecule has 2 heterocycles. The van der Waals surface area contributed by atoms with E-state index in [1.165, 1.54) is 5.56 Å². The summed E-state index contributed by atoms with van der Waals surface area (Å²) in [7, 11) is 0. The minimum absolute atomic E-state index is 0.432. The Hall–Kier alpha value is -2.28. The van der Waals surface area contributed by atoms with Gasteiger partial charge in [-0.05, 0) is 31.4 Å². The average molecular weight is 254 g/mol. The minimum Gasteiger partial charge on any atom is -0.464 e. The Balaban J connectivity index is 2.34. The molecule has 96 valence electrons. The van der Waals surface area contributed by atoms with E-state index in [9.17, 15) is 5.26 Å². The van der Waals surface area contributed by atoms with Crippen LogP contribution in [-0.2, 0) is 6.42 Å². The number of nitrogens with one attached hydrogen (secondary N) is 1. The number of rotatable bonds is 1. The molecule has 19 heavy (non-hydrogen) atoms. The first kappa shape index (κ1) is 11.8. The first-order valence-electron chi connectivity index (χ1n) is 6.54. The van der Waals surface area contributed by atoms with Gasteiger partial charge in [0.2, 0.25) is 0 Å². The fourth-order valence-electron chi connectivity index (χ4n) is 2.92. The Labute approximate surface area is 111 Å². The van der Waals surface area contributed by atoms with Gasteiger partial charge in [0.15, 0.2) is 5.56 Å². The van der Waals surface area contributed by atoms with Crippen molar-refractivity contribution in [2.75, 3.05) is 5.73 Å². The number of fused-ring (bicyclic) bond motifs is 1. The second-order valence-electron chi connectivity index (χ2n) is 5.06. The number of nitriles is 1. The molecule has 0 saturated heterocycles. The van der Waals surface area contributed by atoms with E-state index in [4.69, 9.17) is 10.2 Å². The monoisotopic (exact) mass is 254 g/mol. The van der Waals surface area contributed by atoms with Crippen LogP contribution in [0.5, 0.6) is 0 Å². The molecule has 3 N–H and O–H groups in total. The first-order chi connectivity index (χ1) is 9.22. The second-order valence-corrected chi connectivity index (χ2v) is 5.06. The molecule has 3 rings (SSSR count). The largest absolute Gasteiger partial charge is 0.464 e. The Bertz CT molecular complexity index is 653. The van der Waals surface area contributed by atoms with Crippen molar-refractivity contribution in [3.05, 3.63) is 35.2 Å². The summed E-state index contributed by atoms with van der Waals surface area (Å²) < 4.78 is 5.50. The maximum absolute atomic E-state index is 9.37. The number of hydrogen-bond acceptors (Lipinski definition) is 3. The van der Waals surface area contributed by atoms with Gasteiger partial charge in [-0.2, -0.15) is 5.26 Å². The van der Waals surface area contributed by atoms with Crippen LogP contribution in [0.1, 0.15) is 42.5 Å². The fraction of sp³-hybridized carbons (Fsp3) is 0.333. The maximum Gasteiger partial charge on any atom is 0.289 e. The lowest BCUT2D eigenvalue weighted by Crippen LogP contribution is -2.26. The van der Waals surface area contributed by atoms with E-state index < -0.39 is 0 Å². The lowest BCUT2D eigenvalue weighted by atomic mass is 9.83. The predicted octanol–water partition coefficient (Wildman–Crippen LogP) is 2.65. The Morgan fingerprint density at radius 3 is 3.05 bits per heavy atom. The molecular formula is C15H16N3O+. The van der Waals surface area contributed by atoms with Gasteiger partial charge in [-0.1, -0.05) is 6.92 Å². The van der Waals surface area contributed by atoms with E-state index in [1.807, 2.05) is 12.1 Å². The quantitative estimate of drug-likeness (QED) is 0.849. The second kappa shape index (κ2) is 4.43. The molecule has 4 nitrogen and oxygen atoms in total. The van der Waals surface area contributed by atoms with Crippen LogP contribution >= 0.6 is 0 Å². The zero-order valence-electron chi connectivity index (χ0n) is 10.9. The highest BCUT2D eigenvalue weighted by atomic mass is 16.3. The van der Waals surface area contributed by atoms with Crippen LogP contribution < -0.4 is 10.7 Å². The molecule has 0 radical (unpaired) electrons. The smallest absolute Gasteiger partial charge is 0.289 e. The molecule has 0 bridgehead atoms. The van der Waals surface area contributed by atoms with Gasteiger partial charge >= 0.3 is 0 Å². The van der Waals surface area contributed by atoms with Crippen molar-refractivity contribution < 1.29 is 9.40 Å². The number of nitrogens with two attached hydrogens (primary N) is 1. The fourth-order valence-corrected chi connectivity index (χ4v) is 2.92. The van der Waals surface area contributed by atoms with Gasteiger partial charge in [-0.25, -0.2) is 4.98 Å². The molecule has 0 spiro atoms. The first-order valence-corrected chi connectivity index (χ1v) is 6.54. The van der Waals surface area contributed by atoms with Crippen molar-refractivity contribution in [3.63, 3.8) is 0 Å². The van der Waals surface area contributed by atoms with Crippen LogP contribution in [0.2, 0.25) is 0 Å². The van der Waals surface area contributed by atoms with Crippen LogP contribution in [0.3, 0.4) is 0 Å². The Morgan fingerprint density at radius 2 is 2.37 bits per heavy atom. The number of aromatic amines is 1. The van der Waals surface area contributed by atoms with Gasteiger partial charge in [0, 0.05) is 11.5 Å². The number of aromatic nitrogens is 1. The molecule has 2 aromatic heterocycles. The summed E-state index contributed by atoms with van der Waals surface area (Å²) in [5.74, 6) is 1.59. The van der Waals surface area contributed by atoms with E-state index in [0.717, 1.165) is 36.3 Å². The zero-order valence-corrected chi connectivity index (χ0v) is 10.9. The van der Waals surface area contributed by atoms with Crippen LogP contribution in [0.15, 0.2) is 22.8 Å². The summed E-state index contributed by atoms with van der Waals surface area (Å²) in [6.45, 7) is 2.19. The summed E-state index contributed by atoms with van der Waals surface area (Å²) in [6, 6.07) is 5.92. The number of pyridine rings is 1. The molecule has 0 aromatic carbocycles. The molecule has 0 aliphatic heterocycles. The summed E-state index contributed by atoms with van der Waals surface area (Å²) >= 11 is 0. The minimum atomic E-state index is 0.432. The van der Waals surface area contributed by atoms with Crippen LogP contribution in [0, 0.1) is 11.3 Å². The normalized spacial score (nSPS) is 17.8. The number of H-pyrrole nitrogens is 1. The van der Waals surface area contributed by atoms with Crippen molar-refractivity contribution >= 4 is 5.82 Å². The molecule has 1 aliphatic carbocycles. The average Bonchev–Trinajstić information content (AvgIpc) is 2.92. The van der Waals surface area contributed by atoms with Gasteiger partial charge in [0.1, 0.15) is 17.5 Å². The lowest BCUT2D eigenvalue weighted by molar-refractivity contribution is -0.377. The van der Waals surface area contributed by atoms with Crippen LogP contribution in [0.25, 0.3) is 11.3 Å². The molecule has 1 atom stereocenters. The van der Waals surface area contributed by atoms with Crippen LogP contribution in [0.4, 0.5) is 5.82 Å². The number of furan rings is 1. The van der Waals surface area contributed by atoms with E-state index in [2.05, 4.69) is 18.0 Å². The molecule has 1 aliphatic rings.